The Bertz CT molecular complexity index is 525. The van der Waals surface area contributed by atoms with Gasteiger partial charge < -0.3 is 10.1 Å². The minimum atomic E-state index is -0.503. The number of hydrogen-bond donors (Lipinski definition) is 2. The first-order valence-corrected chi connectivity index (χ1v) is 8.03. The zero-order chi connectivity index (χ0) is 15.5. The van der Waals surface area contributed by atoms with Crippen LogP contribution >= 0.6 is 0 Å². The minimum absolute atomic E-state index is 0.257. The molecule has 0 spiro atoms. The number of ether oxygens (including phenoxy) is 1. The summed E-state index contributed by atoms with van der Waals surface area (Å²) in [6.07, 6.45) is 1.46. The van der Waals surface area contributed by atoms with Crippen LogP contribution in [-0.2, 0) is 11.2 Å². The van der Waals surface area contributed by atoms with Crippen LogP contribution in [-0.4, -0.2) is 64.6 Å². The number of nitrogens with zero attached hydrogens (tertiary/aromatic N) is 4. The van der Waals surface area contributed by atoms with Crippen molar-refractivity contribution < 1.29 is 9.53 Å². The van der Waals surface area contributed by atoms with Crippen molar-refractivity contribution in [3.63, 3.8) is 0 Å². The first-order chi connectivity index (χ1) is 10.7. The Morgan fingerprint density at radius 3 is 2.95 bits per heavy atom. The van der Waals surface area contributed by atoms with Crippen molar-refractivity contribution in [2.45, 2.75) is 38.8 Å². The Labute approximate surface area is 130 Å². The molecule has 2 atom stereocenters. The fourth-order valence-electron chi connectivity index (χ4n) is 3.35. The molecule has 1 amide bonds. The van der Waals surface area contributed by atoms with E-state index in [2.05, 4.69) is 32.5 Å². The van der Waals surface area contributed by atoms with Gasteiger partial charge in [0.15, 0.2) is 0 Å². The van der Waals surface area contributed by atoms with Crippen molar-refractivity contribution in [3.05, 3.63) is 5.82 Å². The van der Waals surface area contributed by atoms with Crippen LogP contribution in [0, 0.1) is 0 Å². The van der Waals surface area contributed by atoms with E-state index in [0.29, 0.717) is 18.6 Å². The van der Waals surface area contributed by atoms with E-state index in [9.17, 15) is 4.79 Å². The number of fused-ring (bicyclic) bond motifs is 1. The van der Waals surface area contributed by atoms with Gasteiger partial charge in [-0.15, -0.1) is 5.10 Å². The number of aryl methyl sites for hydroxylation is 1. The summed E-state index contributed by atoms with van der Waals surface area (Å²) in [6.45, 7) is 8.52. The summed E-state index contributed by atoms with van der Waals surface area (Å²) in [5, 5.41) is 10.4. The van der Waals surface area contributed by atoms with E-state index >= 15 is 0 Å². The lowest BCUT2D eigenvalue weighted by atomic mass is 9.98. The first kappa shape index (κ1) is 15.2. The maximum Gasteiger partial charge on any atom is 0.414 e. The van der Waals surface area contributed by atoms with Crippen molar-refractivity contribution in [1.82, 2.24) is 25.0 Å². The maximum atomic E-state index is 11.5. The second-order valence-corrected chi connectivity index (χ2v) is 5.77. The molecule has 3 heterocycles. The molecule has 2 unspecified atom stereocenters. The predicted molar refractivity (Wildman–Crippen MR) is 81.9 cm³/mol. The molecule has 8 heteroatoms. The van der Waals surface area contributed by atoms with Crippen molar-refractivity contribution in [3.8, 4) is 0 Å². The highest BCUT2D eigenvalue weighted by molar-refractivity contribution is 5.82. The molecule has 1 fully saturated rings. The van der Waals surface area contributed by atoms with E-state index in [-0.39, 0.29) is 6.04 Å². The fourth-order valence-corrected chi connectivity index (χ4v) is 3.35. The molecule has 2 aliphatic heterocycles. The van der Waals surface area contributed by atoms with Crippen LogP contribution in [0.3, 0.4) is 0 Å². The van der Waals surface area contributed by atoms with Crippen molar-refractivity contribution in [2.75, 3.05) is 38.1 Å². The quantitative estimate of drug-likeness (QED) is 0.852. The van der Waals surface area contributed by atoms with E-state index in [1.165, 1.54) is 0 Å². The van der Waals surface area contributed by atoms with Gasteiger partial charge in [-0.3, -0.25) is 10.2 Å². The summed E-state index contributed by atoms with van der Waals surface area (Å²) in [5.41, 5.74) is 0. The lowest BCUT2D eigenvalue weighted by molar-refractivity contribution is 0.107. The Morgan fingerprint density at radius 1 is 1.45 bits per heavy atom. The molecule has 0 aliphatic carbocycles. The maximum absolute atomic E-state index is 11.5. The second kappa shape index (κ2) is 6.62. The van der Waals surface area contributed by atoms with Crippen LogP contribution in [0.5, 0.6) is 0 Å². The highest BCUT2D eigenvalue weighted by Crippen LogP contribution is 2.28. The summed E-state index contributed by atoms with van der Waals surface area (Å²) in [6, 6.07) is 0.735. The number of carbonyl (C=O) groups is 1. The molecule has 22 heavy (non-hydrogen) atoms. The molecule has 2 aliphatic rings. The van der Waals surface area contributed by atoms with Gasteiger partial charge in [0.1, 0.15) is 5.82 Å². The van der Waals surface area contributed by atoms with E-state index in [1.807, 2.05) is 4.68 Å². The molecular weight excluding hydrogens is 284 g/mol. The standard InChI is InChI=1S/C14H24N6O2/c1-3-22-14(21)17-13-16-12-5-4-11(10(2)20(12)18-13)19-8-6-15-7-9-19/h10-11,15H,3-9H2,1-2H3,(H,17,18,21). The number of rotatable bonds is 3. The molecule has 1 aromatic heterocycles. The monoisotopic (exact) mass is 308 g/mol. The average Bonchev–Trinajstić information content (AvgIpc) is 2.92. The third-order valence-corrected chi connectivity index (χ3v) is 4.42. The number of hydrogen-bond acceptors (Lipinski definition) is 6. The van der Waals surface area contributed by atoms with E-state index in [4.69, 9.17) is 4.74 Å². The van der Waals surface area contributed by atoms with Gasteiger partial charge in [0.25, 0.3) is 5.95 Å². The fraction of sp³-hybridized carbons (Fsp3) is 0.786. The highest BCUT2D eigenvalue weighted by Gasteiger charge is 2.33. The van der Waals surface area contributed by atoms with Crippen LogP contribution in [0.1, 0.15) is 32.1 Å². The zero-order valence-electron chi connectivity index (χ0n) is 13.2. The van der Waals surface area contributed by atoms with E-state index < -0.39 is 6.09 Å². The Hall–Kier alpha value is -1.67. The normalized spacial score (nSPS) is 25.5. The largest absolute Gasteiger partial charge is 0.450 e. The summed E-state index contributed by atoms with van der Waals surface area (Å²) >= 11 is 0. The Balaban J connectivity index is 1.70. The van der Waals surface area contributed by atoms with Crippen molar-refractivity contribution in [2.24, 2.45) is 0 Å². The van der Waals surface area contributed by atoms with Gasteiger partial charge in [-0.1, -0.05) is 0 Å². The molecule has 0 radical (unpaired) electrons. The molecule has 1 saturated heterocycles. The SMILES string of the molecule is CCOC(=O)Nc1nc2n(n1)C(C)C(N1CCNCC1)CC2. The third kappa shape index (κ3) is 3.07. The van der Waals surface area contributed by atoms with Crippen LogP contribution in [0.25, 0.3) is 0 Å². The smallest absolute Gasteiger partial charge is 0.414 e. The van der Waals surface area contributed by atoms with Crippen molar-refractivity contribution in [1.29, 1.82) is 0 Å². The molecule has 8 nitrogen and oxygen atoms in total. The van der Waals surface area contributed by atoms with Gasteiger partial charge in [-0.05, 0) is 20.3 Å². The predicted octanol–water partition coefficient (Wildman–Crippen LogP) is 0.627. The van der Waals surface area contributed by atoms with Gasteiger partial charge in [0.2, 0.25) is 0 Å². The van der Waals surface area contributed by atoms with Gasteiger partial charge in [0, 0.05) is 38.6 Å². The van der Waals surface area contributed by atoms with Gasteiger partial charge in [-0.25, -0.2) is 9.48 Å². The lowest BCUT2D eigenvalue weighted by Gasteiger charge is -2.40. The zero-order valence-corrected chi connectivity index (χ0v) is 13.2. The summed E-state index contributed by atoms with van der Waals surface area (Å²) < 4.78 is 6.82. The number of piperazine rings is 1. The topological polar surface area (TPSA) is 84.3 Å². The van der Waals surface area contributed by atoms with Crippen LogP contribution < -0.4 is 10.6 Å². The first-order valence-electron chi connectivity index (χ1n) is 8.03. The average molecular weight is 308 g/mol. The second-order valence-electron chi connectivity index (χ2n) is 5.77. The van der Waals surface area contributed by atoms with E-state index in [0.717, 1.165) is 44.8 Å². The van der Waals surface area contributed by atoms with Gasteiger partial charge >= 0.3 is 6.09 Å². The number of aromatic nitrogens is 3. The number of nitrogens with one attached hydrogen (secondary N) is 2. The number of carbonyl (C=O) groups excluding carboxylic acids is 1. The third-order valence-electron chi connectivity index (χ3n) is 4.42. The molecule has 0 saturated carbocycles. The lowest BCUT2D eigenvalue weighted by Crippen LogP contribution is -2.52. The molecule has 3 rings (SSSR count). The van der Waals surface area contributed by atoms with Crippen LogP contribution in [0.2, 0.25) is 0 Å². The molecular formula is C14H24N6O2. The Kier molecular flexibility index (Phi) is 4.58. The summed E-state index contributed by atoms with van der Waals surface area (Å²) in [5.74, 6) is 1.27. The summed E-state index contributed by atoms with van der Waals surface area (Å²) in [4.78, 5) is 18.4. The number of amides is 1. The van der Waals surface area contributed by atoms with Crippen LogP contribution in [0.4, 0.5) is 10.7 Å². The summed E-state index contributed by atoms with van der Waals surface area (Å²) in [7, 11) is 0. The molecule has 122 valence electrons. The van der Waals surface area contributed by atoms with Gasteiger partial charge in [-0.2, -0.15) is 4.98 Å². The van der Waals surface area contributed by atoms with E-state index in [1.54, 1.807) is 6.92 Å². The highest BCUT2D eigenvalue weighted by atomic mass is 16.5. The molecule has 2 N–H and O–H groups in total. The van der Waals surface area contributed by atoms with Gasteiger partial charge in [0.05, 0.1) is 12.6 Å². The molecule has 0 bridgehead atoms. The number of anilines is 1. The molecule has 0 aromatic carbocycles. The molecule has 1 aromatic rings. The van der Waals surface area contributed by atoms with Crippen molar-refractivity contribution >= 4 is 12.0 Å². The Morgan fingerprint density at radius 2 is 2.23 bits per heavy atom. The van der Waals surface area contributed by atoms with Crippen LogP contribution in [0.15, 0.2) is 0 Å². The minimum Gasteiger partial charge on any atom is -0.450 e.